The minimum Gasteiger partial charge on any atom is -0.497 e. The Balaban J connectivity index is 1.78. The molecule has 3 heterocycles. The zero-order chi connectivity index (χ0) is 22.9. The molecular weight excluding hydrogens is 416 g/mol. The number of allylic oxidation sites excluding steroid dienone is 1. The number of hydrogen-bond donors (Lipinski definition) is 1. The van der Waals surface area contributed by atoms with Crippen LogP contribution in [0, 0.1) is 0 Å². The molecule has 0 atom stereocenters. The van der Waals surface area contributed by atoms with Crippen molar-refractivity contribution in [2.24, 2.45) is 0 Å². The van der Waals surface area contributed by atoms with Gasteiger partial charge in [0.15, 0.2) is 11.5 Å². The van der Waals surface area contributed by atoms with E-state index in [4.69, 9.17) is 19.8 Å². The van der Waals surface area contributed by atoms with Gasteiger partial charge in [-0.05, 0) is 55.0 Å². The summed E-state index contributed by atoms with van der Waals surface area (Å²) in [5.41, 5.74) is 3.79. The standard InChI is InChI=1S/C25H20N6O2/c1-15(2)18-7-6-8-19-21(18)28-25(27-20-9-4-5-14-26-24(20)32)31-23(19)29-22(30-31)16-10-12-17(33-3)13-11-16/h4-14H,1H2,2-3H3,(H,26,27,28,32). The summed E-state index contributed by atoms with van der Waals surface area (Å²) in [6.07, 6.45) is 1.45. The number of para-hydroxylation sites is 1. The van der Waals surface area contributed by atoms with E-state index in [1.54, 1.807) is 29.8 Å². The average molecular weight is 436 g/mol. The molecule has 33 heavy (non-hydrogen) atoms. The summed E-state index contributed by atoms with van der Waals surface area (Å²) in [6, 6.07) is 18.4. The summed E-state index contributed by atoms with van der Waals surface area (Å²) in [4.78, 5) is 25.9. The fourth-order valence-corrected chi connectivity index (χ4v) is 3.59. The Hall–Kier alpha value is -4.59. The Kier molecular flexibility index (Phi) is 5.02. The predicted molar refractivity (Wildman–Crippen MR) is 129 cm³/mol. The van der Waals surface area contributed by atoms with E-state index in [2.05, 4.69) is 16.9 Å². The number of ether oxygens (including phenoxy) is 1. The van der Waals surface area contributed by atoms with E-state index >= 15 is 0 Å². The summed E-state index contributed by atoms with van der Waals surface area (Å²) < 4.78 is 6.86. The summed E-state index contributed by atoms with van der Waals surface area (Å²) in [5, 5.41) is 8.63. The third-order valence-electron chi connectivity index (χ3n) is 5.24. The SMILES string of the molecule is C=C(C)c1cccc2c1nc(Nc1ccccnc1=O)n1nc(-c3ccc(OC)cc3)nc21. The number of hydrogen-bond acceptors (Lipinski definition) is 7. The number of nitrogens with one attached hydrogen (secondary N) is 1. The second-order valence-electron chi connectivity index (χ2n) is 7.49. The van der Waals surface area contributed by atoms with E-state index in [-0.39, 0.29) is 5.69 Å². The van der Waals surface area contributed by atoms with Crippen LogP contribution in [0.4, 0.5) is 11.6 Å². The lowest BCUT2D eigenvalue weighted by Gasteiger charge is -2.10. The van der Waals surface area contributed by atoms with E-state index in [0.29, 0.717) is 17.4 Å². The van der Waals surface area contributed by atoms with Crippen molar-refractivity contribution < 1.29 is 4.74 Å². The van der Waals surface area contributed by atoms with Gasteiger partial charge in [0.05, 0.1) is 12.6 Å². The van der Waals surface area contributed by atoms with Crippen LogP contribution in [0.5, 0.6) is 5.75 Å². The largest absolute Gasteiger partial charge is 0.497 e. The number of benzene rings is 2. The van der Waals surface area contributed by atoms with Gasteiger partial charge in [-0.3, -0.25) is 4.79 Å². The molecule has 162 valence electrons. The quantitative estimate of drug-likeness (QED) is 0.434. The number of rotatable bonds is 5. The molecule has 0 fully saturated rings. The van der Waals surface area contributed by atoms with Crippen LogP contribution in [0.15, 0.2) is 78.2 Å². The number of anilines is 2. The third-order valence-corrected chi connectivity index (χ3v) is 5.24. The predicted octanol–water partition coefficient (Wildman–Crippen LogP) is 4.49. The fourth-order valence-electron chi connectivity index (χ4n) is 3.59. The Morgan fingerprint density at radius 3 is 2.61 bits per heavy atom. The molecule has 0 radical (unpaired) electrons. The van der Waals surface area contributed by atoms with Gasteiger partial charge in [0.1, 0.15) is 11.4 Å². The lowest BCUT2D eigenvalue weighted by Crippen LogP contribution is -2.12. The fraction of sp³-hybridized carbons (Fsp3) is 0.0800. The maximum absolute atomic E-state index is 12.4. The lowest BCUT2D eigenvalue weighted by atomic mass is 10.1. The van der Waals surface area contributed by atoms with Crippen molar-refractivity contribution in [1.29, 1.82) is 0 Å². The van der Waals surface area contributed by atoms with Crippen LogP contribution in [-0.4, -0.2) is 31.7 Å². The Morgan fingerprint density at radius 2 is 1.85 bits per heavy atom. The molecule has 0 unspecified atom stereocenters. The molecule has 1 N–H and O–H groups in total. The molecule has 0 amide bonds. The second-order valence-corrected chi connectivity index (χ2v) is 7.49. The van der Waals surface area contributed by atoms with Gasteiger partial charge in [-0.1, -0.05) is 24.8 Å². The van der Waals surface area contributed by atoms with Crippen molar-refractivity contribution in [3.05, 3.63) is 89.4 Å². The number of nitrogens with zero attached hydrogens (tertiary/aromatic N) is 5. The first-order valence-electron chi connectivity index (χ1n) is 10.3. The van der Waals surface area contributed by atoms with Crippen LogP contribution >= 0.6 is 0 Å². The first-order valence-corrected chi connectivity index (χ1v) is 10.3. The molecule has 0 saturated heterocycles. The van der Waals surface area contributed by atoms with E-state index < -0.39 is 5.56 Å². The van der Waals surface area contributed by atoms with Gasteiger partial charge in [0.2, 0.25) is 5.95 Å². The van der Waals surface area contributed by atoms with Crippen molar-refractivity contribution >= 4 is 33.8 Å². The normalized spacial score (nSPS) is 11.0. The van der Waals surface area contributed by atoms with E-state index in [1.165, 1.54) is 6.20 Å². The van der Waals surface area contributed by atoms with Crippen molar-refractivity contribution in [2.45, 2.75) is 6.92 Å². The molecule has 0 aliphatic carbocycles. The topological polar surface area (TPSA) is 94.3 Å². The first-order chi connectivity index (χ1) is 16.0. The molecule has 2 aromatic carbocycles. The zero-order valence-electron chi connectivity index (χ0n) is 18.1. The van der Waals surface area contributed by atoms with Gasteiger partial charge >= 0.3 is 0 Å². The van der Waals surface area contributed by atoms with Crippen molar-refractivity contribution in [3.8, 4) is 17.1 Å². The highest BCUT2D eigenvalue weighted by Gasteiger charge is 2.17. The number of methoxy groups -OCH3 is 1. The molecule has 5 aromatic rings. The van der Waals surface area contributed by atoms with Gasteiger partial charge in [0, 0.05) is 22.7 Å². The first kappa shape index (κ1) is 20.3. The van der Waals surface area contributed by atoms with E-state index in [9.17, 15) is 4.79 Å². The Morgan fingerprint density at radius 1 is 1.03 bits per heavy atom. The molecule has 0 aliphatic heterocycles. The van der Waals surface area contributed by atoms with Crippen LogP contribution in [0.1, 0.15) is 12.5 Å². The van der Waals surface area contributed by atoms with Crippen LogP contribution in [0.3, 0.4) is 0 Å². The van der Waals surface area contributed by atoms with Crippen LogP contribution in [-0.2, 0) is 0 Å². The Labute approximate surface area is 189 Å². The maximum atomic E-state index is 12.4. The van der Waals surface area contributed by atoms with Gasteiger partial charge in [-0.2, -0.15) is 4.52 Å². The second kappa shape index (κ2) is 8.16. The monoisotopic (exact) mass is 436 g/mol. The highest BCUT2D eigenvalue weighted by molar-refractivity contribution is 5.99. The smallest absolute Gasteiger partial charge is 0.293 e. The summed E-state index contributed by atoms with van der Waals surface area (Å²) >= 11 is 0. The van der Waals surface area contributed by atoms with Crippen LogP contribution in [0.25, 0.3) is 33.5 Å². The van der Waals surface area contributed by atoms with Crippen molar-refractivity contribution in [2.75, 3.05) is 12.4 Å². The van der Waals surface area contributed by atoms with Crippen molar-refractivity contribution in [1.82, 2.24) is 24.6 Å². The Bertz CT molecular complexity index is 1570. The molecule has 3 aromatic heterocycles. The minimum atomic E-state index is -0.404. The summed E-state index contributed by atoms with van der Waals surface area (Å²) in [7, 11) is 1.62. The third kappa shape index (κ3) is 3.67. The average Bonchev–Trinajstić information content (AvgIpc) is 3.19. The number of fused-ring (bicyclic) bond motifs is 3. The zero-order valence-corrected chi connectivity index (χ0v) is 18.1. The van der Waals surface area contributed by atoms with Crippen molar-refractivity contribution in [3.63, 3.8) is 0 Å². The number of aromatic nitrogens is 5. The van der Waals surface area contributed by atoms with Gasteiger partial charge in [-0.25, -0.2) is 15.0 Å². The minimum absolute atomic E-state index is 0.280. The highest BCUT2D eigenvalue weighted by Crippen LogP contribution is 2.29. The molecule has 0 saturated carbocycles. The lowest BCUT2D eigenvalue weighted by molar-refractivity contribution is 0.415. The highest BCUT2D eigenvalue weighted by atomic mass is 16.5. The van der Waals surface area contributed by atoms with Crippen LogP contribution in [0.2, 0.25) is 0 Å². The van der Waals surface area contributed by atoms with E-state index in [0.717, 1.165) is 33.4 Å². The van der Waals surface area contributed by atoms with Gasteiger partial charge in [0.25, 0.3) is 5.56 Å². The molecule has 5 rings (SSSR count). The maximum Gasteiger partial charge on any atom is 0.293 e. The van der Waals surface area contributed by atoms with Gasteiger partial charge < -0.3 is 10.1 Å². The molecule has 0 spiro atoms. The summed E-state index contributed by atoms with van der Waals surface area (Å²) in [5.74, 6) is 1.62. The molecular formula is C25H20N6O2. The van der Waals surface area contributed by atoms with Gasteiger partial charge in [-0.15, -0.1) is 5.10 Å². The molecule has 8 nitrogen and oxygen atoms in total. The van der Waals surface area contributed by atoms with E-state index in [1.807, 2.05) is 49.4 Å². The molecule has 0 aliphatic rings. The molecule has 0 bridgehead atoms. The van der Waals surface area contributed by atoms with Crippen LogP contribution < -0.4 is 15.6 Å². The summed E-state index contributed by atoms with van der Waals surface area (Å²) in [6.45, 7) is 6.01. The molecule has 8 heteroatoms.